The van der Waals surface area contributed by atoms with Crippen molar-refractivity contribution in [1.82, 2.24) is 9.88 Å². The van der Waals surface area contributed by atoms with Gasteiger partial charge in [-0.15, -0.1) is 0 Å². The molecule has 17 heavy (non-hydrogen) atoms. The number of carbonyl (C=O) groups excluding carboxylic acids is 1. The zero-order valence-electron chi connectivity index (χ0n) is 10.2. The number of hydrogen-bond donors (Lipinski definition) is 1. The molecule has 1 aromatic rings. The Labute approximate surface area is 102 Å². The van der Waals surface area contributed by atoms with Gasteiger partial charge in [0.2, 0.25) is 0 Å². The fourth-order valence-electron chi connectivity index (χ4n) is 2.23. The second-order valence-corrected chi connectivity index (χ2v) is 4.80. The number of anilines is 1. The monoisotopic (exact) mass is 233 g/mol. The summed E-state index contributed by atoms with van der Waals surface area (Å²) in [6, 6.07) is 3.38. The lowest BCUT2D eigenvalue weighted by molar-refractivity contribution is 0.0760. The smallest absolute Gasteiger partial charge is 0.254 e. The molecule has 1 saturated heterocycles. The average Bonchev–Trinajstić information content (AvgIpc) is 2.53. The van der Waals surface area contributed by atoms with Crippen molar-refractivity contribution in [2.24, 2.45) is 5.92 Å². The van der Waals surface area contributed by atoms with Gasteiger partial charge >= 0.3 is 0 Å². The maximum Gasteiger partial charge on any atom is 0.254 e. The summed E-state index contributed by atoms with van der Waals surface area (Å²) in [6.45, 7) is 3.95. The molecule has 1 atom stereocenters. The molecule has 1 aliphatic heterocycles. The van der Waals surface area contributed by atoms with Gasteiger partial charge < -0.3 is 10.6 Å². The zero-order valence-corrected chi connectivity index (χ0v) is 10.2. The van der Waals surface area contributed by atoms with E-state index in [9.17, 15) is 4.79 Å². The van der Waals surface area contributed by atoms with Crippen molar-refractivity contribution in [2.45, 2.75) is 26.2 Å². The highest BCUT2D eigenvalue weighted by Gasteiger charge is 2.19. The van der Waals surface area contributed by atoms with E-state index in [4.69, 9.17) is 5.73 Å². The lowest BCUT2D eigenvalue weighted by Crippen LogP contribution is -2.32. The predicted octanol–water partition coefficient (Wildman–Crippen LogP) is 1.93. The van der Waals surface area contributed by atoms with E-state index in [0.717, 1.165) is 31.8 Å². The number of nitrogen functional groups attached to an aromatic ring is 1. The minimum Gasteiger partial charge on any atom is -0.384 e. The maximum atomic E-state index is 12.3. The Morgan fingerprint density at radius 3 is 3.06 bits per heavy atom. The third kappa shape index (κ3) is 2.96. The first kappa shape index (κ1) is 11.9. The van der Waals surface area contributed by atoms with Crippen LogP contribution >= 0.6 is 0 Å². The van der Waals surface area contributed by atoms with Gasteiger partial charge in [0.05, 0.1) is 0 Å². The van der Waals surface area contributed by atoms with Gasteiger partial charge in [-0.25, -0.2) is 4.98 Å². The molecule has 1 amide bonds. The molecule has 4 nitrogen and oxygen atoms in total. The van der Waals surface area contributed by atoms with E-state index in [0.29, 0.717) is 11.4 Å². The molecule has 0 radical (unpaired) electrons. The average molecular weight is 233 g/mol. The van der Waals surface area contributed by atoms with Crippen LogP contribution in [0.15, 0.2) is 18.3 Å². The molecule has 92 valence electrons. The Morgan fingerprint density at radius 1 is 1.47 bits per heavy atom. The molecule has 0 saturated carbocycles. The molecular weight excluding hydrogens is 214 g/mol. The van der Waals surface area contributed by atoms with Crippen LogP contribution in [0.25, 0.3) is 0 Å². The van der Waals surface area contributed by atoms with Crippen LogP contribution in [-0.4, -0.2) is 28.9 Å². The SMILES string of the molecule is CC1CCCN(C(=O)c2ccnc(N)c2)CC1. The van der Waals surface area contributed by atoms with Crippen molar-refractivity contribution < 1.29 is 4.79 Å². The summed E-state index contributed by atoms with van der Waals surface area (Å²) >= 11 is 0. The van der Waals surface area contributed by atoms with E-state index in [2.05, 4.69) is 11.9 Å². The molecule has 0 aromatic carbocycles. The molecule has 1 aliphatic rings. The molecule has 4 heteroatoms. The van der Waals surface area contributed by atoms with Gasteiger partial charge in [-0.3, -0.25) is 4.79 Å². The lowest BCUT2D eigenvalue weighted by atomic mass is 10.0. The quantitative estimate of drug-likeness (QED) is 0.806. The zero-order chi connectivity index (χ0) is 12.3. The molecule has 1 aromatic heterocycles. The van der Waals surface area contributed by atoms with E-state index in [1.807, 2.05) is 4.90 Å². The van der Waals surface area contributed by atoms with Gasteiger partial charge in [0.1, 0.15) is 5.82 Å². The number of rotatable bonds is 1. The van der Waals surface area contributed by atoms with Crippen LogP contribution in [0.3, 0.4) is 0 Å². The summed E-state index contributed by atoms with van der Waals surface area (Å²) in [6.07, 6.45) is 4.98. The van der Waals surface area contributed by atoms with Crippen LogP contribution < -0.4 is 5.73 Å². The van der Waals surface area contributed by atoms with Gasteiger partial charge in [-0.2, -0.15) is 0 Å². The normalized spacial score (nSPS) is 21.0. The summed E-state index contributed by atoms with van der Waals surface area (Å²) in [5.41, 5.74) is 6.24. The van der Waals surface area contributed by atoms with Crippen molar-refractivity contribution in [3.63, 3.8) is 0 Å². The first-order valence-corrected chi connectivity index (χ1v) is 6.17. The van der Waals surface area contributed by atoms with Crippen LogP contribution in [0.4, 0.5) is 5.82 Å². The molecule has 2 N–H and O–H groups in total. The summed E-state index contributed by atoms with van der Waals surface area (Å²) in [5, 5.41) is 0. The number of hydrogen-bond acceptors (Lipinski definition) is 3. The maximum absolute atomic E-state index is 12.3. The highest BCUT2D eigenvalue weighted by atomic mass is 16.2. The number of carbonyl (C=O) groups is 1. The highest BCUT2D eigenvalue weighted by molar-refractivity contribution is 5.94. The topological polar surface area (TPSA) is 59.2 Å². The number of nitrogens with zero attached hydrogens (tertiary/aromatic N) is 2. The molecule has 1 unspecified atom stereocenters. The second-order valence-electron chi connectivity index (χ2n) is 4.80. The first-order valence-electron chi connectivity index (χ1n) is 6.17. The Hall–Kier alpha value is -1.58. The molecule has 1 fully saturated rings. The van der Waals surface area contributed by atoms with E-state index in [1.54, 1.807) is 18.3 Å². The highest BCUT2D eigenvalue weighted by Crippen LogP contribution is 2.18. The Balaban J connectivity index is 2.09. The molecule has 2 rings (SSSR count). The van der Waals surface area contributed by atoms with Crippen LogP contribution in [0, 0.1) is 5.92 Å². The molecule has 2 heterocycles. The third-order valence-electron chi connectivity index (χ3n) is 3.33. The van der Waals surface area contributed by atoms with E-state index >= 15 is 0 Å². The Kier molecular flexibility index (Phi) is 3.61. The second kappa shape index (κ2) is 5.17. The molecule has 0 spiro atoms. The number of pyridine rings is 1. The van der Waals surface area contributed by atoms with Crippen LogP contribution in [-0.2, 0) is 0 Å². The largest absolute Gasteiger partial charge is 0.384 e. The van der Waals surface area contributed by atoms with Gasteiger partial charge in [0.15, 0.2) is 0 Å². The van der Waals surface area contributed by atoms with E-state index in [1.165, 1.54) is 6.42 Å². The van der Waals surface area contributed by atoms with Gasteiger partial charge in [0, 0.05) is 24.8 Å². The Bertz CT molecular complexity index is 405. The number of amides is 1. The van der Waals surface area contributed by atoms with Crippen LogP contribution in [0.5, 0.6) is 0 Å². The summed E-state index contributed by atoms with van der Waals surface area (Å²) in [5.74, 6) is 1.20. The predicted molar refractivity (Wildman–Crippen MR) is 67.6 cm³/mol. The number of likely N-dealkylation sites (tertiary alicyclic amines) is 1. The Morgan fingerprint density at radius 2 is 2.29 bits per heavy atom. The molecule has 0 aliphatic carbocycles. The first-order chi connectivity index (χ1) is 8.16. The van der Waals surface area contributed by atoms with Gasteiger partial charge in [-0.05, 0) is 37.3 Å². The molecular formula is C13H19N3O. The van der Waals surface area contributed by atoms with Crippen molar-refractivity contribution in [3.05, 3.63) is 23.9 Å². The van der Waals surface area contributed by atoms with Crippen LogP contribution in [0.2, 0.25) is 0 Å². The lowest BCUT2D eigenvalue weighted by Gasteiger charge is -2.20. The fraction of sp³-hybridized carbons (Fsp3) is 0.538. The number of aromatic nitrogens is 1. The third-order valence-corrected chi connectivity index (χ3v) is 3.33. The summed E-state index contributed by atoms with van der Waals surface area (Å²) < 4.78 is 0. The van der Waals surface area contributed by atoms with Crippen molar-refractivity contribution in [3.8, 4) is 0 Å². The minimum absolute atomic E-state index is 0.0770. The molecule has 0 bridgehead atoms. The van der Waals surface area contributed by atoms with Gasteiger partial charge in [-0.1, -0.05) is 6.92 Å². The van der Waals surface area contributed by atoms with Crippen molar-refractivity contribution >= 4 is 11.7 Å². The minimum atomic E-state index is 0.0770. The summed E-state index contributed by atoms with van der Waals surface area (Å²) in [4.78, 5) is 18.1. The van der Waals surface area contributed by atoms with E-state index < -0.39 is 0 Å². The van der Waals surface area contributed by atoms with Crippen LogP contribution in [0.1, 0.15) is 36.5 Å². The summed E-state index contributed by atoms with van der Waals surface area (Å²) in [7, 11) is 0. The number of nitrogens with two attached hydrogens (primary N) is 1. The van der Waals surface area contributed by atoms with Crippen molar-refractivity contribution in [1.29, 1.82) is 0 Å². The van der Waals surface area contributed by atoms with Crippen molar-refractivity contribution in [2.75, 3.05) is 18.8 Å². The van der Waals surface area contributed by atoms with E-state index in [-0.39, 0.29) is 5.91 Å². The van der Waals surface area contributed by atoms with Gasteiger partial charge in [0.25, 0.3) is 5.91 Å². The standard InChI is InChI=1S/C13H19N3O/c1-10-3-2-7-16(8-5-10)13(17)11-4-6-15-12(14)9-11/h4,6,9-10H,2-3,5,7-8H2,1H3,(H2,14,15). The fourth-order valence-corrected chi connectivity index (χ4v) is 2.23.